The average Bonchev–Trinajstić information content (AvgIpc) is 2.23. The Hall–Kier alpha value is -0.0800. The first kappa shape index (κ1) is 13.9. The van der Waals surface area contributed by atoms with Gasteiger partial charge in [0.25, 0.3) is 0 Å². The van der Waals surface area contributed by atoms with Crippen molar-refractivity contribution in [2.24, 2.45) is 28.9 Å². The molecule has 0 radical (unpaired) electrons. The standard InChI is InChI=1S/C17H32N2/c1-12(19(4)11-16(2,3)18)17-8-13-5-14(9-17)7-15(6-13)10-17/h12-15H,5-11,18H2,1-4H3. The highest BCUT2D eigenvalue weighted by Gasteiger charge is 2.53. The Morgan fingerprint density at radius 1 is 1.11 bits per heavy atom. The van der Waals surface area contributed by atoms with Crippen molar-refractivity contribution in [3.05, 3.63) is 0 Å². The smallest absolute Gasteiger partial charge is 0.0226 e. The van der Waals surface area contributed by atoms with Gasteiger partial charge in [0.05, 0.1) is 0 Å². The lowest BCUT2D eigenvalue weighted by Gasteiger charge is -2.60. The summed E-state index contributed by atoms with van der Waals surface area (Å²) in [5, 5.41) is 0. The lowest BCUT2D eigenvalue weighted by atomic mass is 9.47. The van der Waals surface area contributed by atoms with Gasteiger partial charge >= 0.3 is 0 Å². The minimum atomic E-state index is -0.0781. The van der Waals surface area contributed by atoms with Crippen molar-refractivity contribution in [2.45, 2.75) is 70.9 Å². The van der Waals surface area contributed by atoms with Crippen molar-refractivity contribution >= 4 is 0 Å². The molecule has 0 amide bonds. The van der Waals surface area contributed by atoms with Gasteiger partial charge in [-0.05, 0) is 89.5 Å². The van der Waals surface area contributed by atoms with Crippen LogP contribution < -0.4 is 5.73 Å². The van der Waals surface area contributed by atoms with Crippen LogP contribution in [0.1, 0.15) is 59.3 Å². The predicted molar refractivity (Wildman–Crippen MR) is 81.0 cm³/mol. The zero-order valence-electron chi connectivity index (χ0n) is 13.3. The SMILES string of the molecule is CC(N(C)CC(C)(C)N)C12CC3CC(CC(C3)C1)C2. The Balaban J connectivity index is 1.74. The highest BCUT2D eigenvalue weighted by Crippen LogP contribution is 2.61. The quantitative estimate of drug-likeness (QED) is 0.844. The molecule has 2 heteroatoms. The van der Waals surface area contributed by atoms with E-state index in [2.05, 4.69) is 32.7 Å². The second-order valence-corrected chi connectivity index (χ2v) is 8.86. The van der Waals surface area contributed by atoms with Crippen molar-refractivity contribution in [3.8, 4) is 0 Å². The Kier molecular flexibility index (Phi) is 3.26. The first-order chi connectivity index (χ1) is 8.77. The highest BCUT2D eigenvalue weighted by molar-refractivity contribution is 5.05. The summed E-state index contributed by atoms with van der Waals surface area (Å²) in [6.45, 7) is 7.78. The van der Waals surface area contributed by atoms with Gasteiger partial charge in [0.2, 0.25) is 0 Å². The molecule has 0 aromatic rings. The maximum absolute atomic E-state index is 6.22. The molecular weight excluding hydrogens is 232 g/mol. The van der Waals surface area contributed by atoms with Crippen LogP contribution in [0.5, 0.6) is 0 Å². The molecule has 1 atom stereocenters. The highest BCUT2D eigenvalue weighted by atomic mass is 15.2. The Bertz CT molecular complexity index is 306. The average molecular weight is 264 g/mol. The molecule has 4 aliphatic carbocycles. The van der Waals surface area contributed by atoms with Gasteiger partial charge in [-0.15, -0.1) is 0 Å². The third kappa shape index (κ3) is 2.58. The normalized spacial score (nSPS) is 42.9. The van der Waals surface area contributed by atoms with Gasteiger partial charge in [0.15, 0.2) is 0 Å². The van der Waals surface area contributed by atoms with Crippen LogP contribution in [0.25, 0.3) is 0 Å². The van der Waals surface area contributed by atoms with E-state index in [-0.39, 0.29) is 5.54 Å². The number of hydrogen-bond donors (Lipinski definition) is 1. The third-order valence-electron chi connectivity index (χ3n) is 6.29. The molecule has 110 valence electrons. The maximum atomic E-state index is 6.22. The first-order valence-corrected chi connectivity index (χ1v) is 8.26. The molecular formula is C17H32N2. The minimum Gasteiger partial charge on any atom is -0.324 e. The van der Waals surface area contributed by atoms with E-state index in [1.165, 1.54) is 38.5 Å². The molecule has 4 rings (SSSR count). The van der Waals surface area contributed by atoms with Crippen LogP contribution in [-0.4, -0.2) is 30.1 Å². The van der Waals surface area contributed by atoms with Gasteiger partial charge in [-0.3, -0.25) is 0 Å². The van der Waals surface area contributed by atoms with E-state index in [4.69, 9.17) is 5.73 Å². The molecule has 2 N–H and O–H groups in total. The summed E-state index contributed by atoms with van der Waals surface area (Å²) >= 11 is 0. The van der Waals surface area contributed by atoms with Gasteiger partial charge < -0.3 is 10.6 Å². The molecule has 1 unspecified atom stereocenters. The molecule has 0 saturated heterocycles. The molecule has 0 aromatic carbocycles. The third-order valence-corrected chi connectivity index (χ3v) is 6.29. The molecule has 4 aliphatic rings. The molecule has 0 heterocycles. The van der Waals surface area contributed by atoms with E-state index < -0.39 is 0 Å². The molecule has 2 nitrogen and oxygen atoms in total. The number of hydrogen-bond acceptors (Lipinski definition) is 2. The summed E-state index contributed by atoms with van der Waals surface area (Å²) < 4.78 is 0. The second kappa shape index (κ2) is 4.46. The summed E-state index contributed by atoms with van der Waals surface area (Å²) in [6, 6.07) is 0.698. The van der Waals surface area contributed by atoms with Gasteiger partial charge in [0.1, 0.15) is 0 Å². The van der Waals surface area contributed by atoms with Gasteiger partial charge in [-0.2, -0.15) is 0 Å². The van der Waals surface area contributed by atoms with Crippen LogP contribution in [0, 0.1) is 23.2 Å². The zero-order chi connectivity index (χ0) is 13.8. The fraction of sp³-hybridized carbons (Fsp3) is 1.00. The van der Waals surface area contributed by atoms with Crippen LogP contribution in [0.2, 0.25) is 0 Å². The van der Waals surface area contributed by atoms with Gasteiger partial charge in [-0.25, -0.2) is 0 Å². The van der Waals surface area contributed by atoms with Crippen LogP contribution in [0.4, 0.5) is 0 Å². The van der Waals surface area contributed by atoms with E-state index in [9.17, 15) is 0 Å². The van der Waals surface area contributed by atoms with Crippen LogP contribution >= 0.6 is 0 Å². The summed E-state index contributed by atoms with van der Waals surface area (Å²) in [5.41, 5.74) is 6.77. The van der Waals surface area contributed by atoms with Crippen molar-refractivity contribution in [1.82, 2.24) is 4.90 Å². The monoisotopic (exact) mass is 264 g/mol. The van der Waals surface area contributed by atoms with Gasteiger partial charge in [0, 0.05) is 18.1 Å². The second-order valence-electron chi connectivity index (χ2n) is 8.86. The van der Waals surface area contributed by atoms with Crippen molar-refractivity contribution in [1.29, 1.82) is 0 Å². The van der Waals surface area contributed by atoms with Crippen molar-refractivity contribution in [2.75, 3.05) is 13.6 Å². The fourth-order valence-corrected chi connectivity index (χ4v) is 5.94. The van der Waals surface area contributed by atoms with Crippen molar-refractivity contribution in [3.63, 3.8) is 0 Å². The van der Waals surface area contributed by atoms with Crippen LogP contribution in [0.3, 0.4) is 0 Å². The Morgan fingerprint density at radius 3 is 1.89 bits per heavy atom. The molecule has 4 saturated carbocycles. The molecule has 0 spiro atoms. The molecule has 0 aromatic heterocycles. The summed E-state index contributed by atoms with van der Waals surface area (Å²) in [6.07, 6.45) is 9.11. The maximum Gasteiger partial charge on any atom is 0.0226 e. The zero-order valence-corrected chi connectivity index (χ0v) is 13.3. The van der Waals surface area contributed by atoms with Crippen molar-refractivity contribution < 1.29 is 0 Å². The lowest BCUT2D eigenvalue weighted by molar-refractivity contribution is -0.0942. The number of nitrogens with zero attached hydrogens (tertiary/aromatic N) is 1. The van der Waals surface area contributed by atoms with Crippen LogP contribution in [0.15, 0.2) is 0 Å². The topological polar surface area (TPSA) is 29.3 Å². The van der Waals surface area contributed by atoms with E-state index in [1.54, 1.807) is 0 Å². The first-order valence-electron chi connectivity index (χ1n) is 8.26. The minimum absolute atomic E-state index is 0.0781. The number of rotatable bonds is 4. The van der Waals surface area contributed by atoms with E-state index in [0.29, 0.717) is 11.5 Å². The summed E-state index contributed by atoms with van der Waals surface area (Å²) in [5.74, 6) is 3.15. The van der Waals surface area contributed by atoms with E-state index >= 15 is 0 Å². The van der Waals surface area contributed by atoms with Gasteiger partial charge in [-0.1, -0.05) is 0 Å². The molecule has 19 heavy (non-hydrogen) atoms. The Morgan fingerprint density at radius 2 is 1.53 bits per heavy atom. The number of nitrogens with two attached hydrogens (primary N) is 1. The summed E-state index contributed by atoms with van der Waals surface area (Å²) in [4.78, 5) is 2.55. The summed E-state index contributed by atoms with van der Waals surface area (Å²) in [7, 11) is 2.29. The molecule has 0 aliphatic heterocycles. The molecule has 4 bridgehead atoms. The Labute approximate surface area is 119 Å². The van der Waals surface area contributed by atoms with E-state index in [1.807, 2.05) is 0 Å². The predicted octanol–water partition coefficient (Wildman–Crippen LogP) is 3.26. The fourth-order valence-electron chi connectivity index (χ4n) is 5.94. The van der Waals surface area contributed by atoms with E-state index in [0.717, 1.165) is 24.3 Å². The number of likely N-dealkylation sites (N-methyl/N-ethyl adjacent to an activating group) is 1. The molecule has 4 fully saturated rings. The largest absolute Gasteiger partial charge is 0.324 e. The lowest BCUT2D eigenvalue weighted by Crippen LogP contribution is -2.57. The van der Waals surface area contributed by atoms with Crippen LogP contribution in [-0.2, 0) is 0 Å².